The SMILES string of the molecule is CC(Oc1ccc(F)cc1)c1nn2c(-c3ccccc3)nnc2s1. The molecule has 0 aliphatic rings. The minimum Gasteiger partial charge on any atom is -0.483 e. The predicted molar refractivity (Wildman–Crippen MR) is 89.5 cm³/mol. The number of benzene rings is 2. The van der Waals surface area contributed by atoms with Crippen molar-refractivity contribution in [3.8, 4) is 17.1 Å². The van der Waals surface area contributed by atoms with Gasteiger partial charge in [-0.25, -0.2) is 4.39 Å². The molecular formula is C17H13FN4OS. The van der Waals surface area contributed by atoms with E-state index >= 15 is 0 Å². The Hall–Kier alpha value is -2.80. The summed E-state index contributed by atoms with van der Waals surface area (Å²) in [4.78, 5) is 0.707. The third kappa shape index (κ3) is 2.74. The van der Waals surface area contributed by atoms with Crippen molar-refractivity contribution < 1.29 is 9.13 Å². The zero-order valence-corrected chi connectivity index (χ0v) is 13.6. The van der Waals surface area contributed by atoms with Gasteiger partial charge in [-0.05, 0) is 31.2 Å². The Labute approximate surface area is 141 Å². The first-order valence-electron chi connectivity index (χ1n) is 7.40. The first kappa shape index (κ1) is 14.8. The van der Waals surface area contributed by atoms with E-state index in [-0.39, 0.29) is 11.9 Å². The summed E-state index contributed by atoms with van der Waals surface area (Å²) in [7, 11) is 0. The van der Waals surface area contributed by atoms with Crippen molar-refractivity contribution in [3.63, 3.8) is 0 Å². The first-order valence-corrected chi connectivity index (χ1v) is 8.22. The molecule has 0 fully saturated rings. The van der Waals surface area contributed by atoms with Gasteiger partial charge >= 0.3 is 0 Å². The normalized spacial score (nSPS) is 12.4. The molecule has 1 atom stereocenters. The van der Waals surface area contributed by atoms with Crippen LogP contribution in [0, 0.1) is 5.82 Å². The van der Waals surface area contributed by atoms with E-state index in [0.29, 0.717) is 16.5 Å². The number of ether oxygens (including phenoxy) is 1. The topological polar surface area (TPSA) is 52.3 Å². The molecule has 0 bridgehead atoms. The van der Waals surface area contributed by atoms with E-state index in [1.807, 2.05) is 37.3 Å². The summed E-state index contributed by atoms with van der Waals surface area (Å²) in [6, 6.07) is 15.7. The molecule has 2 aromatic carbocycles. The van der Waals surface area contributed by atoms with Crippen molar-refractivity contribution in [3.05, 3.63) is 65.4 Å². The van der Waals surface area contributed by atoms with Crippen molar-refractivity contribution >= 4 is 16.3 Å². The minimum atomic E-state index is -0.290. The Morgan fingerprint density at radius 1 is 1.04 bits per heavy atom. The van der Waals surface area contributed by atoms with E-state index in [4.69, 9.17) is 4.74 Å². The lowest BCUT2D eigenvalue weighted by molar-refractivity contribution is 0.225. The lowest BCUT2D eigenvalue weighted by Crippen LogP contribution is -2.04. The number of nitrogens with zero attached hydrogens (tertiary/aromatic N) is 4. The zero-order chi connectivity index (χ0) is 16.5. The molecule has 0 aliphatic heterocycles. The highest BCUT2D eigenvalue weighted by Crippen LogP contribution is 2.27. The van der Waals surface area contributed by atoms with Crippen molar-refractivity contribution in [2.75, 3.05) is 0 Å². The van der Waals surface area contributed by atoms with Gasteiger partial charge in [0.05, 0.1) is 0 Å². The average molecular weight is 340 g/mol. The van der Waals surface area contributed by atoms with Gasteiger partial charge in [-0.1, -0.05) is 41.7 Å². The van der Waals surface area contributed by atoms with Gasteiger partial charge in [0.2, 0.25) is 4.96 Å². The molecule has 4 aromatic rings. The maximum absolute atomic E-state index is 13.0. The minimum absolute atomic E-state index is 0.272. The fourth-order valence-corrected chi connectivity index (χ4v) is 3.15. The standard InChI is InChI=1S/C17H13FN4OS/c1-11(23-14-9-7-13(18)8-10-14)16-21-22-15(19-20-17(22)24-16)12-5-3-2-4-6-12/h2-11H,1H3. The monoisotopic (exact) mass is 340 g/mol. The molecule has 0 N–H and O–H groups in total. The molecule has 0 aliphatic carbocycles. The van der Waals surface area contributed by atoms with Crippen molar-refractivity contribution in [1.82, 2.24) is 19.8 Å². The van der Waals surface area contributed by atoms with Gasteiger partial charge in [-0.15, -0.1) is 10.2 Å². The van der Waals surface area contributed by atoms with E-state index in [1.165, 1.54) is 23.5 Å². The quantitative estimate of drug-likeness (QED) is 0.560. The zero-order valence-electron chi connectivity index (χ0n) is 12.8. The second kappa shape index (κ2) is 6.01. The van der Waals surface area contributed by atoms with Gasteiger partial charge in [-0.2, -0.15) is 9.61 Å². The molecule has 0 saturated carbocycles. The summed E-state index contributed by atoms with van der Waals surface area (Å²) in [5.41, 5.74) is 0.953. The van der Waals surface area contributed by atoms with Crippen LogP contribution in [0.5, 0.6) is 5.75 Å². The van der Waals surface area contributed by atoms with Crippen LogP contribution in [-0.4, -0.2) is 19.8 Å². The van der Waals surface area contributed by atoms with E-state index in [9.17, 15) is 4.39 Å². The second-order valence-electron chi connectivity index (χ2n) is 5.24. The van der Waals surface area contributed by atoms with Crippen LogP contribution in [0.1, 0.15) is 18.0 Å². The Morgan fingerprint density at radius 3 is 2.54 bits per heavy atom. The number of hydrogen-bond donors (Lipinski definition) is 0. The lowest BCUT2D eigenvalue weighted by Gasteiger charge is -2.11. The van der Waals surface area contributed by atoms with Crippen molar-refractivity contribution in [2.24, 2.45) is 0 Å². The average Bonchev–Trinajstić information content (AvgIpc) is 3.18. The molecule has 2 aromatic heterocycles. The number of halogens is 1. The molecule has 0 radical (unpaired) electrons. The van der Waals surface area contributed by atoms with Gasteiger partial charge in [0.1, 0.15) is 17.7 Å². The molecule has 2 heterocycles. The number of rotatable bonds is 4. The second-order valence-corrected chi connectivity index (χ2v) is 6.23. The van der Waals surface area contributed by atoms with E-state index in [2.05, 4.69) is 15.3 Å². The lowest BCUT2D eigenvalue weighted by atomic mass is 10.2. The van der Waals surface area contributed by atoms with Crippen LogP contribution < -0.4 is 4.74 Å². The summed E-state index contributed by atoms with van der Waals surface area (Å²) >= 11 is 1.42. The molecule has 24 heavy (non-hydrogen) atoms. The molecule has 120 valence electrons. The smallest absolute Gasteiger partial charge is 0.235 e. The summed E-state index contributed by atoms with van der Waals surface area (Å²) in [5, 5.41) is 13.7. The fourth-order valence-electron chi connectivity index (χ4n) is 2.33. The molecule has 0 amide bonds. The molecule has 4 rings (SSSR count). The van der Waals surface area contributed by atoms with Crippen molar-refractivity contribution in [2.45, 2.75) is 13.0 Å². The van der Waals surface area contributed by atoms with E-state index in [0.717, 1.165) is 10.6 Å². The van der Waals surface area contributed by atoms with Crippen LogP contribution in [0.4, 0.5) is 4.39 Å². The third-order valence-electron chi connectivity index (χ3n) is 3.51. The molecule has 0 saturated heterocycles. The maximum Gasteiger partial charge on any atom is 0.235 e. The molecule has 0 spiro atoms. The van der Waals surface area contributed by atoms with Gasteiger partial charge in [-0.3, -0.25) is 0 Å². The summed E-state index contributed by atoms with van der Waals surface area (Å²) in [5.74, 6) is 1.00. The molecule has 1 unspecified atom stereocenters. The Balaban J connectivity index is 1.63. The highest BCUT2D eigenvalue weighted by atomic mass is 32.1. The molecule has 7 heteroatoms. The van der Waals surface area contributed by atoms with Crippen molar-refractivity contribution in [1.29, 1.82) is 0 Å². The van der Waals surface area contributed by atoms with Gasteiger partial charge in [0.15, 0.2) is 10.8 Å². The van der Waals surface area contributed by atoms with E-state index < -0.39 is 0 Å². The van der Waals surface area contributed by atoms with Crippen LogP contribution in [0.25, 0.3) is 16.3 Å². The largest absolute Gasteiger partial charge is 0.483 e. The molecule has 5 nitrogen and oxygen atoms in total. The Morgan fingerprint density at radius 2 is 1.79 bits per heavy atom. The summed E-state index contributed by atoms with van der Waals surface area (Å²) in [6.07, 6.45) is -0.272. The van der Waals surface area contributed by atoms with Gasteiger partial charge in [0, 0.05) is 5.56 Å². The first-order chi connectivity index (χ1) is 11.7. The highest BCUT2D eigenvalue weighted by Gasteiger charge is 2.18. The van der Waals surface area contributed by atoms with Crippen LogP contribution >= 0.6 is 11.3 Å². The fraction of sp³-hybridized carbons (Fsp3) is 0.118. The number of aromatic nitrogens is 4. The Bertz CT molecular complexity index is 965. The molecular weight excluding hydrogens is 327 g/mol. The Kier molecular flexibility index (Phi) is 3.70. The van der Waals surface area contributed by atoms with Gasteiger partial charge < -0.3 is 4.74 Å². The van der Waals surface area contributed by atoms with E-state index in [1.54, 1.807) is 16.6 Å². The van der Waals surface area contributed by atoms with Crippen LogP contribution in [0.15, 0.2) is 54.6 Å². The predicted octanol–water partition coefficient (Wildman–Crippen LogP) is 4.13. The maximum atomic E-state index is 13.0. The third-order valence-corrected chi connectivity index (χ3v) is 4.57. The summed E-state index contributed by atoms with van der Waals surface area (Å²) < 4.78 is 20.5. The number of fused-ring (bicyclic) bond motifs is 1. The van der Waals surface area contributed by atoms with Crippen LogP contribution in [-0.2, 0) is 0 Å². The van der Waals surface area contributed by atoms with Gasteiger partial charge in [0.25, 0.3) is 0 Å². The highest BCUT2D eigenvalue weighted by molar-refractivity contribution is 7.16. The van der Waals surface area contributed by atoms with Crippen LogP contribution in [0.3, 0.4) is 0 Å². The number of hydrogen-bond acceptors (Lipinski definition) is 5. The van der Waals surface area contributed by atoms with Crippen LogP contribution in [0.2, 0.25) is 0 Å². The summed E-state index contributed by atoms with van der Waals surface area (Å²) in [6.45, 7) is 1.90.